The number of carbonyl (C=O) groups is 1. The number of fused-ring (bicyclic) bond motifs is 1. The van der Waals surface area contributed by atoms with E-state index in [0.29, 0.717) is 30.7 Å². The van der Waals surface area contributed by atoms with Crippen LogP contribution >= 0.6 is 0 Å². The van der Waals surface area contributed by atoms with Crippen molar-refractivity contribution >= 4 is 24.2 Å². The van der Waals surface area contributed by atoms with Gasteiger partial charge >= 0.3 is 7.12 Å². The van der Waals surface area contributed by atoms with Crippen LogP contribution in [0.3, 0.4) is 0 Å². The van der Waals surface area contributed by atoms with Crippen molar-refractivity contribution in [3.05, 3.63) is 59.2 Å². The molecule has 0 spiro atoms. The lowest BCUT2D eigenvalue weighted by Gasteiger charge is -2.10. The molecular weight excluding hydrogens is 289 g/mol. The predicted octanol–water partition coefficient (Wildman–Crippen LogP) is 1.46. The molecule has 4 nitrogen and oxygen atoms in total. The zero-order valence-corrected chi connectivity index (χ0v) is 12.6. The van der Waals surface area contributed by atoms with E-state index < -0.39 is 7.12 Å². The van der Waals surface area contributed by atoms with E-state index in [9.17, 15) is 9.82 Å². The summed E-state index contributed by atoms with van der Waals surface area (Å²) in [6, 6.07) is 13.0. The van der Waals surface area contributed by atoms with Crippen molar-refractivity contribution in [2.75, 3.05) is 5.32 Å². The smallest absolute Gasteiger partial charge is 0.423 e. The van der Waals surface area contributed by atoms with Crippen molar-refractivity contribution in [1.29, 1.82) is 0 Å². The number of amides is 1. The average molecular weight is 305 g/mol. The number of benzene rings is 2. The molecule has 0 bridgehead atoms. The molecule has 0 aromatic heterocycles. The summed E-state index contributed by atoms with van der Waals surface area (Å²) in [6.45, 7) is 0.409. The third kappa shape index (κ3) is 3.29. The Balaban J connectivity index is 1.67. The van der Waals surface area contributed by atoms with Gasteiger partial charge in [0.05, 0.1) is 12.3 Å². The Bertz CT molecular complexity index is 782. The number of para-hydroxylation sites is 1. The Labute approximate surface area is 135 Å². The molecule has 1 amide bonds. The fourth-order valence-corrected chi connectivity index (χ4v) is 2.76. The number of nitrogens with one attached hydrogen (secondary N) is 1. The highest BCUT2D eigenvalue weighted by molar-refractivity contribution is 6.62. The predicted molar refractivity (Wildman–Crippen MR) is 90.2 cm³/mol. The van der Waals surface area contributed by atoms with Crippen LogP contribution in [0.15, 0.2) is 42.5 Å². The first-order valence-electron chi connectivity index (χ1n) is 7.45. The number of hydrogen-bond donors (Lipinski definition) is 2. The molecule has 3 rings (SSSR count). The Hall–Kier alpha value is -2.55. The van der Waals surface area contributed by atoms with Gasteiger partial charge in [-0.05, 0) is 35.1 Å². The maximum Gasteiger partial charge on any atom is 0.492 e. The first-order chi connectivity index (χ1) is 11.2. The fourth-order valence-electron chi connectivity index (χ4n) is 2.76. The fraction of sp³-hybridized carbons (Fsp3) is 0.167. The molecule has 0 atom stereocenters. The highest BCUT2D eigenvalue weighted by Gasteiger charge is 2.29. The summed E-state index contributed by atoms with van der Waals surface area (Å²) in [6.07, 6.45) is 6.27. The molecule has 0 radical (unpaired) electrons. The minimum absolute atomic E-state index is 0.112. The zero-order valence-electron chi connectivity index (χ0n) is 12.6. The monoisotopic (exact) mass is 305 g/mol. The molecule has 1 heterocycles. The Kier molecular flexibility index (Phi) is 4.47. The molecule has 2 N–H and O–H groups in total. The normalized spacial score (nSPS) is 12.6. The van der Waals surface area contributed by atoms with Crippen LogP contribution in [-0.4, -0.2) is 18.0 Å². The Morgan fingerprint density at radius 1 is 1.30 bits per heavy atom. The van der Waals surface area contributed by atoms with E-state index in [4.69, 9.17) is 11.1 Å². The quantitative estimate of drug-likeness (QED) is 0.664. The highest BCUT2D eigenvalue weighted by atomic mass is 16.5. The van der Waals surface area contributed by atoms with Crippen molar-refractivity contribution in [2.24, 2.45) is 0 Å². The lowest BCUT2D eigenvalue weighted by molar-refractivity contribution is -0.116. The number of aryl methyl sites for hydroxylation is 1. The summed E-state index contributed by atoms with van der Waals surface area (Å²) in [5, 5.41) is 12.7. The maximum atomic E-state index is 12.2. The number of rotatable bonds is 4. The largest absolute Gasteiger partial charge is 0.492 e. The van der Waals surface area contributed by atoms with Crippen LogP contribution < -0.4 is 10.8 Å². The van der Waals surface area contributed by atoms with Gasteiger partial charge in [-0.1, -0.05) is 36.3 Å². The SMILES string of the molecule is C#Cc1ccccc1NC(=O)CCc1cccc2c1B(O)OC2. The Morgan fingerprint density at radius 3 is 2.96 bits per heavy atom. The third-order valence-corrected chi connectivity index (χ3v) is 3.91. The van der Waals surface area contributed by atoms with Gasteiger partial charge < -0.3 is 15.0 Å². The van der Waals surface area contributed by atoms with Gasteiger partial charge in [0.1, 0.15) is 0 Å². The van der Waals surface area contributed by atoms with Gasteiger partial charge in [-0.3, -0.25) is 4.79 Å². The topological polar surface area (TPSA) is 58.6 Å². The van der Waals surface area contributed by atoms with Gasteiger partial charge in [0, 0.05) is 12.0 Å². The second kappa shape index (κ2) is 6.70. The molecule has 0 unspecified atom stereocenters. The van der Waals surface area contributed by atoms with E-state index in [-0.39, 0.29) is 5.91 Å². The van der Waals surface area contributed by atoms with Crippen LogP contribution in [0.25, 0.3) is 0 Å². The van der Waals surface area contributed by atoms with Crippen molar-refractivity contribution in [1.82, 2.24) is 0 Å². The molecule has 0 saturated heterocycles. The molecule has 114 valence electrons. The molecule has 1 aliphatic heterocycles. The molecule has 1 aliphatic rings. The molecule has 5 heteroatoms. The first-order valence-corrected chi connectivity index (χ1v) is 7.45. The second-order valence-corrected chi connectivity index (χ2v) is 5.39. The lowest BCUT2D eigenvalue weighted by atomic mass is 9.75. The lowest BCUT2D eigenvalue weighted by Crippen LogP contribution is -2.31. The highest BCUT2D eigenvalue weighted by Crippen LogP contribution is 2.16. The minimum atomic E-state index is -0.897. The molecule has 0 fully saturated rings. The number of carbonyl (C=O) groups excluding carboxylic acids is 1. The van der Waals surface area contributed by atoms with Crippen molar-refractivity contribution in [2.45, 2.75) is 19.4 Å². The first kappa shape index (κ1) is 15.4. The van der Waals surface area contributed by atoms with E-state index in [0.717, 1.165) is 16.6 Å². The number of anilines is 1. The summed E-state index contributed by atoms with van der Waals surface area (Å²) in [5.74, 6) is 2.44. The van der Waals surface area contributed by atoms with E-state index in [1.807, 2.05) is 30.3 Å². The van der Waals surface area contributed by atoms with Crippen LogP contribution in [0.2, 0.25) is 0 Å². The van der Waals surface area contributed by atoms with Crippen LogP contribution in [0.4, 0.5) is 5.69 Å². The van der Waals surface area contributed by atoms with E-state index in [2.05, 4.69) is 11.2 Å². The van der Waals surface area contributed by atoms with Crippen molar-refractivity contribution in [3.8, 4) is 12.3 Å². The van der Waals surface area contributed by atoms with Gasteiger partial charge in [-0.15, -0.1) is 6.42 Å². The number of hydrogen-bond acceptors (Lipinski definition) is 3. The second-order valence-electron chi connectivity index (χ2n) is 5.39. The van der Waals surface area contributed by atoms with Crippen molar-refractivity contribution in [3.63, 3.8) is 0 Å². The van der Waals surface area contributed by atoms with Crippen LogP contribution in [0.1, 0.15) is 23.1 Å². The average Bonchev–Trinajstić information content (AvgIpc) is 2.95. The Morgan fingerprint density at radius 2 is 2.13 bits per heavy atom. The van der Waals surface area contributed by atoms with E-state index >= 15 is 0 Å². The summed E-state index contributed by atoms with van der Waals surface area (Å²) < 4.78 is 5.23. The van der Waals surface area contributed by atoms with Gasteiger partial charge in [0.25, 0.3) is 0 Å². The van der Waals surface area contributed by atoms with Gasteiger partial charge in [0.2, 0.25) is 5.91 Å². The molecule has 2 aromatic rings. The van der Waals surface area contributed by atoms with Crippen LogP contribution in [0.5, 0.6) is 0 Å². The summed E-state index contributed by atoms with van der Waals surface area (Å²) in [4.78, 5) is 12.2. The molecule has 23 heavy (non-hydrogen) atoms. The summed E-state index contributed by atoms with van der Waals surface area (Å²) >= 11 is 0. The van der Waals surface area contributed by atoms with Gasteiger partial charge in [0.15, 0.2) is 0 Å². The van der Waals surface area contributed by atoms with Crippen LogP contribution in [0, 0.1) is 12.3 Å². The van der Waals surface area contributed by atoms with Crippen LogP contribution in [-0.2, 0) is 22.5 Å². The summed E-state index contributed by atoms with van der Waals surface area (Å²) in [7, 11) is -0.897. The summed E-state index contributed by atoms with van der Waals surface area (Å²) in [5.41, 5.74) is 4.01. The zero-order chi connectivity index (χ0) is 16.2. The molecular formula is C18H16BNO3. The third-order valence-electron chi connectivity index (χ3n) is 3.91. The van der Waals surface area contributed by atoms with E-state index in [1.165, 1.54) is 0 Å². The van der Waals surface area contributed by atoms with Gasteiger partial charge in [-0.2, -0.15) is 0 Å². The van der Waals surface area contributed by atoms with Gasteiger partial charge in [-0.25, -0.2) is 0 Å². The molecule has 0 saturated carbocycles. The number of terminal acetylenes is 1. The minimum Gasteiger partial charge on any atom is -0.423 e. The maximum absolute atomic E-state index is 12.2. The molecule has 0 aliphatic carbocycles. The van der Waals surface area contributed by atoms with E-state index in [1.54, 1.807) is 12.1 Å². The van der Waals surface area contributed by atoms with Crippen molar-refractivity contribution < 1.29 is 14.5 Å². The standard InChI is InChI=1S/C18H16BNO3/c1-2-13-6-3-4-9-16(13)20-17(21)11-10-14-7-5-8-15-12-23-19(22)18(14)15/h1,3-9,22H,10-12H2,(H,20,21). The molecule has 2 aromatic carbocycles.